The zero-order chi connectivity index (χ0) is 10.2. The van der Waals surface area contributed by atoms with Gasteiger partial charge >= 0.3 is 0 Å². The lowest BCUT2D eigenvalue weighted by Gasteiger charge is -2.26. The van der Waals surface area contributed by atoms with Crippen LogP contribution < -0.4 is 5.32 Å². The fourth-order valence-electron chi connectivity index (χ4n) is 2.55. The standard InChI is InChI=1S/C13H27N/c1-3-4-9-14-10-8-13-7-5-6-12(2)11-13/h12-14H,3-11H2,1-2H3. The molecule has 1 N–H and O–H groups in total. The van der Waals surface area contributed by atoms with Crippen molar-refractivity contribution in [2.24, 2.45) is 11.8 Å². The van der Waals surface area contributed by atoms with Crippen molar-refractivity contribution in [2.75, 3.05) is 13.1 Å². The van der Waals surface area contributed by atoms with Gasteiger partial charge in [-0.1, -0.05) is 39.5 Å². The van der Waals surface area contributed by atoms with Gasteiger partial charge in [-0.2, -0.15) is 0 Å². The molecule has 0 aliphatic heterocycles. The molecular formula is C13H27N. The summed E-state index contributed by atoms with van der Waals surface area (Å²) in [6.45, 7) is 7.14. The number of hydrogen-bond acceptors (Lipinski definition) is 1. The third-order valence-electron chi connectivity index (χ3n) is 3.48. The molecule has 1 rings (SSSR count). The molecule has 1 fully saturated rings. The van der Waals surface area contributed by atoms with Crippen LogP contribution >= 0.6 is 0 Å². The molecule has 1 saturated carbocycles. The molecule has 84 valence electrons. The first-order valence-corrected chi connectivity index (χ1v) is 6.53. The van der Waals surface area contributed by atoms with E-state index in [9.17, 15) is 0 Å². The van der Waals surface area contributed by atoms with Crippen molar-refractivity contribution < 1.29 is 0 Å². The van der Waals surface area contributed by atoms with Crippen molar-refractivity contribution in [2.45, 2.75) is 58.8 Å². The maximum absolute atomic E-state index is 3.55. The molecule has 2 atom stereocenters. The molecule has 0 heterocycles. The molecule has 0 radical (unpaired) electrons. The lowest BCUT2D eigenvalue weighted by Crippen LogP contribution is -2.22. The maximum Gasteiger partial charge on any atom is -0.00463 e. The quantitative estimate of drug-likeness (QED) is 0.642. The van der Waals surface area contributed by atoms with Gasteiger partial charge in [-0.3, -0.25) is 0 Å². The zero-order valence-corrected chi connectivity index (χ0v) is 10.0. The van der Waals surface area contributed by atoms with Gasteiger partial charge in [0, 0.05) is 0 Å². The van der Waals surface area contributed by atoms with Gasteiger partial charge in [0.05, 0.1) is 0 Å². The highest BCUT2D eigenvalue weighted by atomic mass is 14.8. The molecule has 14 heavy (non-hydrogen) atoms. The predicted octanol–water partition coefficient (Wildman–Crippen LogP) is 3.59. The van der Waals surface area contributed by atoms with E-state index in [1.54, 1.807) is 0 Å². The van der Waals surface area contributed by atoms with Gasteiger partial charge < -0.3 is 5.32 Å². The molecule has 0 aromatic carbocycles. The average molecular weight is 197 g/mol. The summed E-state index contributed by atoms with van der Waals surface area (Å²) in [5, 5.41) is 3.55. The van der Waals surface area contributed by atoms with Crippen LogP contribution in [0.4, 0.5) is 0 Å². The van der Waals surface area contributed by atoms with Crippen LogP contribution in [0.3, 0.4) is 0 Å². The SMILES string of the molecule is CCCCNCCC1CCCC(C)C1. The summed E-state index contributed by atoms with van der Waals surface area (Å²) in [7, 11) is 0. The average Bonchev–Trinajstić information content (AvgIpc) is 2.18. The lowest BCUT2D eigenvalue weighted by molar-refractivity contribution is 0.267. The third-order valence-corrected chi connectivity index (χ3v) is 3.48. The molecule has 0 aromatic rings. The summed E-state index contributed by atoms with van der Waals surface area (Å²) in [4.78, 5) is 0. The van der Waals surface area contributed by atoms with Gasteiger partial charge in [0.2, 0.25) is 0 Å². The second-order valence-corrected chi connectivity index (χ2v) is 5.03. The van der Waals surface area contributed by atoms with E-state index in [-0.39, 0.29) is 0 Å². The highest BCUT2D eigenvalue weighted by molar-refractivity contribution is 4.71. The fourth-order valence-corrected chi connectivity index (χ4v) is 2.55. The first-order chi connectivity index (χ1) is 6.83. The molecule has 2 unspecified atom stereocenters. The Hall–Kier alpha value is -0.0400. The largest absolute Gasteiger partial charge is 0.317 e. The molecule has 1 aliphatic carbocycles. The minimum atomic E-state index is 0.990. The lowest BCUT2D eigenvalue weighted by atomic mass is 9.81. The monoisotopic (exact) mass is 197 g/mol. The Labute approximate surface area is 89.7 Å². The van der Waals surface area contributed by atoms with Crippen molar-refractivity contribution in [1.29, 1.82) is 0 Å². The summed E-state index contributed by atoms with van der Waals surface area (Å²) in [5.41, 5.74) is 0. The highest BCUT2D eigenvalue weighted by Crippen LogP contribution is 2.30. The molecule has 1 heteroatoms. The summed E-state index contributed by atoms with van der Waals surface area (Å²) >= 11 is 0. The van der Waals surface area contributed by atoms with Crippen LogP contribution in [0.1, 0.15) is 58.8 Å². The van der Waals surface area contributed by atoms with Crippen molar-refractivity contribution in [3.8, 4) is 0 Å². The second-order valence-electron chi connectivity index (χ2n) is 5.03. The minimum Gasteiger partial charge on any atom is -0.317 e. The van der Waals surface area contributed by atoms with E-state index >= 15 is 0 Å². The van der Waals surface area contributed by atoms with Crippen molar-refractivity contribution in [1.82, 2.24) is 5.32 Å². The summed E-state index contributed by atoms with van der Waals surface area (Å²) in [6, 6.07) is 0. The molecule has 1 aliphatic rings. The number of unbranched alkanes of at least 4 members (excludes halogenated alkanes) is 1. The number of hydrogen-bond donors (Lipinski definition) is 1. The van der Waals surface area contributed by atoms with E-state index in [4.69, 9.17) is 0 Å². The second kappa shape index (κ2) is 7.28. The molecule has 0 amide bonds. The van der Waals surface area contributed by atoms with E-state index in [1.165, 1.54) is 58.0 Å². The Morgan fingerprint density at radius 1 is 1.21 bits per heavy atom. The molecule has 0 aromatic heterocycles. The Kier molecular flexibility index (Phi) is 6.25. The Morgan fingerprint density at radius 2 is 2.07 bits per heavy atom. The van der Waals surface area contributed by atoms with Crippen LogP contribution in [0.2, 0.25) is 0 Å². The maximum atomic E-state index is 3.55. The first kappa shape index (κ1) is 12.0. The predicted molar refractivity (Wildman–Crippen MR) is 63.5 cm³/mol. The van der Waals surface area contributed by atoms with Crippen LogP contribution in [0, 0.1) is 11.8 Å². The van der Waals surface area contributed by atoms with E-state index < -0.39 is 0 Å². The van der Waals surface area contributed by atoms with Crippen molar-refractivity contribution in [3.05, 3.63) is 0 Å². The summed E-state index contributed by atoms with van der Waals surface area (Å²) in [6.07, 6.45) is 9.97. The van der Waals surface area contributed by atoms with Crippen LogP contribution in [0.5, 0.6) is 0 Å². The van der Waals surface area contributed by atoms with Crippen LogP contribution in [0.15, 0.2) is 0 Å². The van der Waals surface area contributed by atoms with Gasteiger partial charge in [-0.05, 0) is 44.2 Å². The molecule has 0 spiro atoms. The van der Waals surface area contributed by atoms with E-state index in [2.05, 4.69) is 19.2 Å². The first-order valence-electron chi connectivity index (χ1n) is 6.53. The normalized spacial score (nSPS) is 27.9. The van der Waals surface area contributed by atoms with Gasteiger partial charge in [0.15, 0.2) is 0 Å². The van der Waals surface area contributed by atoms with Crippen molar-refractivity contribution in [3.63, 3.8) is 0 Å². The highest BCUT2D eigenvalue weighted by Gasteiger charge is 2.17. The molecule has 0 bridgehead atoms. The van der Waals surface area contributed by atoms with E-state index in [1.807, 2.05) is 0 Å². The Balaban J connectivity index is 1.95. The smallest absolute Gasteiger partial charge is 0.00463 e. The molecular weight excluding hydrogens is 170 g/mol. The zero-order valence-electron chi connectivity index (χ0n) is 10.0. The summed E-state index contributed by atoms with van der Waals surface area (Å²) < 4.78 is 0. The van der Waals surface area contributed by atoms with Gasteiger partial charge in [-0.15, -0.1) is 0 Å². The third kappa shape index (κ3) is 4.99. The number of nitrogens with one attached hydrogen (secondary N) is 1. The molecule has 1 nitrogen and oxygen atoms in total. The molecule has 0 saturated heterocycles. The van der Waals surface area contributed by atoms with E-state index in [0.29, 0.717) is 0 Å². The number of rotatable bonds is 6. The van der Waals surface area contributed by atoms with Crippen LogP contribution in [-0.2, 0) is 0 Å². The summed E-state index contributed by atoms with van der Waals surface area (Å²) in [5.74, 6) is 2.01. The van der Waals surface area contributed by atoms with Crippen molar-refractivity contribution >= 4 is 0 Å². The Bertz CT molecular complexity index is 133. The minimum absolute atomic E-state index is 0.990. The van der Waals surface area contributed by atoms with Gasteiger partial charge in [0.25, 0.3) is 0 Å². The Morgan fingerprint density at radius 3 is 2.79 bits per heavy atom. The fraction of sp³-hybridized carbons (Fsp3) is 1.00. The van der Waals surface area contributed by atoms with Gasteiger partial charge in [-0.25, -0.2) is 0 Å². The van der Waals surface area contributed by atoms with Crippen LogP contribution in [-0.4, -0.2) is 13.1 Å². The van der Waals surface area contributed by atoms with Crippen LogP contribution in [0.25, 0.3) is 0 Å². The van der Waals surface area contributed by atoms with E-state index in [0.717, 1.165) is 11.8 Å². The van der Waals surface area contributed by atoms with Gasteiger partial charge in [0.1, 0.15) is 0 Å². The topological polar surface area (TPSA) is 12.0 Å².